The summed E-state index contributed by atoms with van der Waals surface area (Å²) in [5, 5.41) is 2.93. The molecular formula is C16H24N2O3. The van der Waals surface area contributed by atoms with E-state index in [0.717, 1.165) is 30.7 Å². The molecule has 1 fully saturated rings. The van der Waals surface area contributed by atoms with Gasteiger partial charge in [-0.05, 0) is 37.8 Å². The second-order valence-electron chi connectivity index (χ2n) is 5.45. The Labute approximate surface area is 126 Å². The summed E-state index contributed by atoms with van der Waals surface area (Å²) in [4.78, 5) is 14.0. The van der Waals surface area contributed by atoms with Gasteiger partial charge in [-0.1, -0.05) is 12.1 Å². The lowest BCUT2D eigenvalue weighted by molar-refractivity contribution is 0.00463. The molecule has 2 amide bonds. The summed E-state index contributed by atoms with van der Waals surface area (Å²) in [7, 11) is 3.39. The highest BCUT2D eigenvalue weighted by molar-refractivity contribution is 5.91. The highest BCUT2D eigenvalue weighted by atomic mass is 16.5. The number of para-hydroxylation sites is 1. The maximum Gasteiger partial charge on any atom is 0.321 e. The molecule has 1 aliphatic rings. The van der Waals surface area contributed by atoms with Crippen LogP contribution in [0, 0.1) is 6.92 Å². The second-order valence-corrected chi connectivity index (χ2v) is 5.45. The smallest absolute Gasteiger partial charge is 0.321 e. The van der Waals surface area contributed by atoms with E-state index in [4.69, 9.17) is 9.47 Å². The first-order chi connectivity index (χ1) is 10.1. The summed E-state index contributed by atoms with van der Waals surface area (Å²) < 4.78 is 11.0. The van der Waals surface area contributed by atoms with Crippen molar-refractivity contribution in [1.82, 2.24) is 4.90 Å². The third-order valence-electron chi connectivity index (χ3n) is 3.78. The number of rotatable bonds is 4. The molecule has 1 aromatic rings. The maximum absolute atomic E-state index is 12.3. The number of amides is 2. The highest BCUT2D eigenvalue weighted by Crippen LogP contribution is 2.27. The van der Waals surface area contributed by atoms with Gasteiger partial charge >= 0.3 is 6.03 Å². The van der Waals surface area contributed by atoms with Gasteiger partial charge in [0.15, 0.2) is 0 Å². The molecule has 1 saturated heterocycles. The summed E-state index contributed by atoms with van der Waals surface area (Å²) in [5.41, 5.74) is 1.70. The first-order valence-corrected chi connectivity index (χ1v) is 7.39. The minimum atomic E-state index is -0.142. The number of hydrogen-bond acceptors (Lipinski definition) is 3. The Kier molecular flexibility index (Phi) is 5.44. The Hall–Kier alpha value is -1.75. The number of ether oxygens (including phenoxy) is 2. The largest absolute Gasteiger partial charge is 0.495 e. The monoisotopic (exact) mass is 292 g/mol. The standard InChI is InChI=1S/C16H24N2O3/c1-12-7-6-9-14(20-3)15(12)17-16(19)18(2)11-13-8-4-5-10-21-13/h6-7,9,13H,4-5,8,10-11H2,1-3H3,(H,17,19)/t13-/m0/s1. The van der Waals surface area contributed by atoms with Crippen molar-refractivity contribution in [1.29, 1.82) is 0 Å². The number of nitrogens with one attached hydrogen (secondary N) is 1. The van der Waals surface area contributed by atoms with E-state index < -0.39 is 0 Å². The van der Waals surface area contributed by atoms with Gasteiger partial charge in [0.1, 0.15) is 5.75 Å². The van der Waals surface area contributed by atoms with Gasteiger partial charge in [0.05, 0.1) is 18.9 Å². The fraction of sp³-hybridized carbons (Fsp3) is 0.562. The number of carbonyl (C=O) groups is 1. The van der Waals surface area contributed by atoms with Gasteiger partial charge in [0, 0.05) is 20.2 Å². The lowest BCUT2D eigenvalue weighted by Gasteiger charge is -2.27. The minimum absolute atomic E-state index is 0.142. The Balaban J connectivity index is 1.97. The Bertz CT molecular complexity index is 484. The van der Waals surface area contributed by atoms with Crippen LogP contribution in [0.2, 0.25) is 0 Å². The summed E-state index contributed by atoms with van der Waals surface area (Å²) in [5.74, 6) is 0.672. The molecule has 0 aromatic heterocycles. The number of benzene rings is 1. The van der Waals surface area contributed by atoms with Crippen LogP contribution in [0.4, 0.5) is 10.5 Å². The van der Waals surface area contributed by atoms with Crippen LogP contribution >= 0.6 is 0 Å². The van der Waals surface area contributed by atoms with Gasteiger partial charge in [-0.25, -0.2) is 4.79 Å². The molecule has 0 radical (unpaired) electrons. The molecule has 0 aliphatic carbocycles. The third-order valence-corrected chi connectivity index (χ3v) is 3.78. The van der Waals surface area contributed by atoms with Crippen LogP contribution in [0.5, 0.6) is 5.75 Å². The van der Waals surface area contributed by atoms with E-state index in [0.29, 0.717) is 12.3 Å². The molecule has 0 spiro atoms. The van der Waals surface area contributed by atoms with Crippen LogP contribution in [0.25, 0.3) is 0 Å². The van der Waals surface area contributed by atoms with Crippen LogP contribution in [-0.2, 0) is 4.74 Å². The van der Waals surface area contributed by atoms with E-state index in [9.17, 15) is 4.79 Å². The molecular weight excluding hydrogens is 268 g/mol. The van der Waals surface area contributed by atoms with Gasteiger partial charge < -0.3 is 19.7 Å². The molecule has 2 rings (SSSR count). The molecule has 116 valence electrons. The summed E-state index contributed by atoms with van der Waals surface area (Å²) in [6.07, 6.45) is 3.46. The Morgan fingerprint density at radius 1 is 1.48 bits per heavy atom. The summed E-state index contributed by atoms with van der Waals surface area (Å²) >= 11 is 0. The average Bonchev–Trinajstić information content (AvgIpc) is 2.50. The van der Waals surface area contributed by atoms with Crippen molar-refractivity contribution >= 4 is 11.7 Å². The maximum atomic E-state index is 12.3. The van der Waals surface area contributed by atoms with Crippen molar-refractivity contribution in [2.75, 3.05) is 32.6 Å². The van der Waals surface area contributed by atoms with E-state index in [1.807, 2.05) is 25.1 Å². The molecule has 5 nitrogen and oxygen atoms in total. The Morgan fingerprint density at radius 2 is 2.29 bits per heavy atom. The van der Waals surface area contributed by atoms with Gasteiger partial charge in [-0.2, -0.15) is 0 Å². The predicted octanol–water partition coefficient (Wildman–Crippen LogP) is 3.04. The number of aryl methyl sites for hydroxylation is 1. The normalized spacial score (nSPS) is 18.1. The number of hydrogen-bond donors (Lipinski definition) is 1. The number of carbonyl (C=O) groups excluding carboxylic acids is 1. The molecule has 1 N–H and O–H groups in total. The quantitative estimate of drug-likeness (QED) is 0.928. The Morgan fingerprint density at radius 3 is 2.95 bits per heavy atom. The fourth-order valence-corrected chi connectivity index (χ4v) is 2.51. The van der Waals surface area contributed by atoms with Crippen LogP contribution < -0.4 is 10.1 Å². The SMILES string of the molecule is COc1cccc(C)c1NC(=O)N(C)C[C@@H]1CCCCO1. The lowest BCUT2D eigenvalue weighted by atomic mass is 10.1. The summed E-state index contributed by atoms with van der Waals surface area (Å²) in [6.45, 7) is 3.36. The van der Waals surface area contributed by atoms with Crippen molar-refractivity contribution in [3.63, 3.8) is 0 Å². The van der Waals surface area contributed by atoms with Gasteiger partial charge in [-0.15, -0.1) is 0 Å². The first-order valence-electron chi connectivity index (χ1n) is 7.39. The molecule has 21 heavy (non-hydrogen) atoms. The van der Waals surface area contributed by atoms with Crippen molar-refractivity contribution in [2.45, 2.75) is 32.3 Å². The number of anilines is 1. The van der Waals surface area contributed by atoms with E-state index in [-0.39, 0.29) is 12.1 Å². The van der Waals surface area contributed by atoms with E-state index in [2.05, 4.69) is 5.32 Å². The van der Waals surface area contributed by atoms with E-state index in [1.165, 1.54) is 6.42 Å². The van der Waals surface area contributed by atoms with Crippen LogP contribution in [-0.4, -0.2) is 44.3 Å². The topological polar surface area (TPSA) is 50.8 Å². The molecule has 5 heteroatoms. The zero-order valence-electron chi connectivity index (χ0n) is 13.0. The zero-order valence-corrected chi connectivity index (χ0v) is 13.0. The first kappa shape index (κ1) is 15.6. The molecule has 0 unspecified atom stereocenters. The number of urea groups is 1. The number of methoxy groups -OCH3 is 1. The number of likely N-dealkylation sites (N-methyl/N-ethyl adjacent to an activating group) is 1. The van der Waals surface area contributed by atoms with Crippen molar-refractivity contribution in [3.05, 3.63) is 23.8 Å². The van der Waals surface area contributed by atoms with Crippen molar-refractivity contribution in [2.24, 2.45) is 0 Å². The molecule has 1 aromatic carbocycles. The van der Waals surface area contributed by atoms with Crippen molar-refractivity contribution < 1.29 is 14.3 Å². The fourth-order valence-electron chi connectivity index (χ4n) is 2.51. The molecule has 1 heterocycles. The second kappa shape index (κ2) is 7.31. The van der Waals surface area contributed by atoms with Crippen molar-refractivity contribution in [3.8, 4) is 5.75 Å². The molecule has 0 bridgehead atoms. The van der Waals surface area contributed by atoms with Crippen LogP contribution in [0.3, 0.4) is 0 Å². The third kappa shape index (κ3) is 4.11. The van der Waals surface area contributed by atoms with Gasteiger partial charge in [0.2, 0.25) is 0 Å². The van der Waals surface area contributed by atoms with Gasteiger partial charge in [0.25, 0.3) is 0 Å². The molecule has 1 aliphatic heterocycles. The van der Waals surface area contributed by atoms with Gasteiger partial charge in [-0.3, -0.25) is 0 Å². The minimum Gasteiger partial charge on any atom is -0.495 e. The lowest BCUT2D eigenvalue weighted by Crippen LogP contribution is -2.39. The van der Waals surface area contributed by atoms with Crippen LogP contribution in [0.1, 0.15) is 24.8 Å². The number of nitrogens with zero attached hydrogens (tertiary/aromatic N) is 1. The zero-order chi connectivity index (χ0) is 15.2. The summed E-state index contributed by atoms with van der Waals surface area (Å²) in [6, 6.07) is 5.55. The van der Waals surface area contributed by atoms with E-state index in [1.54, 1.807) is 19.1 Å². The molecule has 1 atom stereocenters. The molecule has 0 saturated carbocycles. The van der Waals surface area contributed by atoms with Crippen LogP contribution in [0.15, 0.2) is 18.2 Å². The van der Waals surface area contributed by atoms with E-state index >= 15 is 0 Å². The predicted molar refractivity (Wildman–Crippen MR) is 83.0 cm³/mol. The highest BCUT2D eigenvalue weighted by Gasteiger charge is 2.20. The average molecular weight is 292 g/mol.